The first-order valence-corrected chi connectivity index (χ1v) is 6.01. The molecule has 0 aliphatic heterocycles. The van der Waals surface area contributed by atoms with Crippen LogP contribution in [0, 0.1) is 17.2 Å². The lowest BCUT2D eigenvalue weighted by Gasteiger charge is -2.09. The number of amides is 1. The topological polar surface area (TPSA) is 90.2 Å². The average Bonchev–Trinajstić information content (AvgIpc) is 2.30. The number of hydrogen-bond donors (Lipinski definition) is 2. The molecule has 0 aliphatic carbocycles. The number of carboxylic acids is 1. The standard InChI is InChI=1S/C13H13ClN2O3/c1-8(5-13(18)19)4-12(17)16-10-2-3-11(14)9(6-10)7-15/h2-3,6,8H,4-5H2,1H3,(H,16,17)(H,18,19). The molecule has 1 aromatic rings. The maximum absolute atomic E-state index is 11.7. The molecule has 0 radical (unpaired) electrons. The van der Waals surface area contributed by atoms with Gasteiger partial charge in [-0.25, -0.2) is 0 Å². The highest BCUT2D eigenvalue weighted by Gasteiger charge is 2.13. The van der Waals surface area contributed by atoms with E-state index in [0.29, 0.717) is 10.7 Å². The highest BCUT2D eigenvalue weighted by Crippen LogP contribution is 2.20. The van der Waals surface area contributed by atoms with Gasteiger partial charge >= 0.3 is 5.97 Å². The van der Waals surface area contributed by atoms with Crippen molar-refractivity contribution >= 4 is 29.2 Å². The Labute approximate surface area is 115 Å². The van der Waals surface area contributed by atoms with Crippen molar-refractivity contribution in [1.82, 2.24) is 0 Å². The highest BCUT2D eigenvalue weighted by molar-refractivity contribution is 6.31. The Morgan fingerprint density at radius 1 is 1.47 bits per heavy atom. The molecule has 6 heteroatoms. The third kappa shape index (κ3) is 4.98. The van der Waals surface area contributed by atoms with Crippen LogP contribution in [0.1, 0.15) is 25.3 Å². The van der Waals surface area contributed by atoms with Crippen LogP contribution in [0.4, 0.5) is 5.69 Å². The van der Waals surface area contributed by atoms with Gasteiger partial charge < -0.3 is 10.4 Å². The van der Waals surface area contributed by atoms with Crippen LogP contribution < -0.4 is 5.32 Å². The SMILES string of the molecule is CC(CC(=O)O)CC(=O)Nc1ccc(Cl)c(C#N)c1. The lowest BCUT2D eigenvalue weighted by molar-refractivity contribution is -0.138. The Bertz CT molecular complexity index is 537. The second-order valence-electron chi connectivity index (χ2n) is 4.26. The van der Waals surface area contributed by atoms with E-state index in [1.54, 1.807) is 13.0 Å². The molecule has 100 valence electrons. The molecule has 5 nitrogen and oxygen atoms in total. The van der Waals surface area contributed by atoms with Crippen LogP contribution in [-0.2, 0) is 9.59 Å². The minimum Gasteiger partial charge on any atom is -0.481 e. The van der Waals surface area contributed by atoms with Crippen molar-refractivity contribution in [3.63, 3.8) is 0 Å². The second kappa shape index (κ2) is 6.76. The Morgan fingerprint density at radius 3 is 2.74 bits per heavy atom. The number of aliphatic carboxylic acids is 1. The third-order valence-electron chi connectivity index (χ3n) is 2.43. The molecule has 1 amide bonds. The first-order valence-electron chi connectivity index (χ1n) is 5.63. The summed E-state index contributed by atoms with van der Waals surface area (Å²) in [5.74, 6) is -1.47. The number of hydrogen-bond acceptors (Lipinski definition) is 3. The first-order chi connectivity index (χ1) is 8.92. The van der Waals surface area contributed by atoms with Gasteiger partial charge in [0.1, 0.15) is 6.07 Å². The van der Waals surface area contributed by atoms with Crippen LogP contribution in [-0.4, -0.2) is 17.0 Å². The Balaban J connectivity index is 2.62. The van der Waals surface area contributed by atoms with Crippen LogP contribution in [0.25, 0.3) is 0 Å². The van der Waals surface area contributed by atoms with E-state index in [1.807, 2.05) is 6.07 Å². The Morgan fingerprint density at radius 2 is 2.16 bits per heavy atom. The molecule has 19 heavy (non-hydrogen) atoms. The fourth-order valence-electron chi connectivity index (χ4n) is 1.59. The average molecular weight is 281 g/mol. The molecule has 0 aliphatic rings. The summed E-state index contributed by atoms with van der Waals surface area (Å²) < 4.78 is 0. The van der Waals surface area contributed by atoms with Gasteiger partial charge in [0.25, 0.3) is 0 Å². The normalized spacial score (nSPS) is 11.4. The van der Waals surface area contributed by atoms with Crippen molar-refractivity contribution in [2.24, 2.45) is 5.92 Å². The number of nitrogens with one attached hydrogen (secondary N) is 1. The molecule has 1 rings (SSSR count). The molecule has 0 heterocycles. The molecule has 0 saturated carbocycles. The first kappa shape index (κ1) is 15.0. The summed E-state index contributed by atoms with van der Waals surface area (Å²) in [4.78, 5) is 22.2. The molecule has 0 fully saturated rings. The molecular weight excluding hydrogens is 268 g/mol. The van der Waals surface area contributed by atoms with Gasteiger partial charge in [-0.1, -0.05) is 18.5 Å². The quantitative estimate of drug-likeness (QED) is 0.867. The zero-order valence-corrected chi connectivity index (χ0v) is 11.1. The summed E-state index contributed by atoms with van der Waals surface area (Å²) in [6, 6.07) is 6.50. The number of rotatable bonds is 5. The molecule has 0 saturated heterocycles. The van der Waals surface area contributed by atoms with E-state index >= 15 is 0 Å². The van der Waals surface area contributed by atoms with E-state index < -0.39 is 5.97 Å². The summed E-state index contributed by atoms with van der Waals surface area (Å²) in [5, 5.41) is 20.3. The number of nitriles is 1. The monoisotopic (exact) mass is 280 g/mol. The zero-order chi connectivity index (χ0) is 14.4. The zero-order valence-electron chi connectivity index (χ0n) is 10.3. The van der Waals surface area contributed by atoms with Crippen LogP contribution in [0.15, 0.2) is 18.2 Å². The number of halogens is 1. The molecule has 1 unspecified atom stereocenters. The van der Waals surface area contributed by atoms with Crippen molar-refractivity contribution < 1.29 is 14.7 Å². The van der Waals surface area contributed by atoms with E-state index in [1.165, 1.54) is 12.1 Å². The number of carboxylic acid groups (broad SMARTS) is 1. The largest absolute Gasteiger partial charge is 0.481 e. The number of carbonyl (C=O) groups is 2. The summed E-state index contributed by atoms with van der Waals surface area (Å²) in [7, 11) is 0. The van der Waals surface area contributed by atoms with Crippen LogP contribution in [0.2, 0.25) is 5.02 Å². The number of anilines is 1. The molecule has 0 aromatic heterocycles. The van der Waals surface area contributed by atoms with E-state index in [4.69, 9.17) is 22.0 Å². The van der Waals surface area contributed by atoms with E-state index in [9.17, 15) is 9.59 Å². The Hall–Kier alpha value is -2.06. The van der Waals surface area contributed by atoms with Gasteiger partial charge in [-0.2, -0.15) is 5.26 Å². The minimum atomic E-state index is -0.932. The van der Waals surface area contributed by atoms with Gasteiger partial charge in [-0.15, -0.1) is 0 Å². The van der Waals surface area contributed by atoms with E-state index in [-0.39, 0.29) is 30.2 Å². The number of carbonyl (C=O) groups excluding carboxylic acids is 1. The van der Waals surface area contributed by atoms with Gasteiger partial charge in [-0.05, 0) is 24.1 Å². The van der Waals surface area contributed by atoms with Crippen LogP contribution >= 0.6 is 11.6 Å². The number of nitrogens with zero attached hydrogens (tertiary/aromatic N) is 1. The fourth-order valence-corrected chi connectivity index (χ4v) is 1.75. The second-order valence-corrected chi connectivity index (χ2v) is 4.67. The van der Waals surface area contributed by atoms with E-state index in [2.05, 4.69) is 5.32 Å². The smallest absolute Gasteiger partial charge is 0.303 e. The van der Waals surface area contributed by atoms with Gasteiger partial charge in [0.05, 0.1) is 10.6 Å². The molecule has 2 N–H and O–H groups in total. The van der Waals surface area contributed by atoms with Crippen molar-refractivity contribution in [3.05, 3.63) is 28.8 Å². The molecule has 0 spiro atoms. The van der Waals surface area contributed by atoms with Crippen LogP contribution in [0.5, 0.6) is 0 Å². The van der Waals surface area contributed by atoms with Crippen LogP contribution in [0.3, 0.4) is 0 Å². The molecule has 0 bridgehead atoms. The lowest BCUT2D eigenvalue weighted by atomic mass is 10.0. The van der Waals surface area contributed by atoms with Crippen molar-refractivity contribution in [2.75, 3.05) is 5.32 Å². The summed E-state index contributed by atoms with van der Waals surface area (Å²) >= 11 is 5.77. The van der Waals surface area contributed by atoms with Crippen molar-refractivity contribution in [1.29, 1.82) is 5.26 Å². The van der Waals surface area contributed by atoms with Gasteiger partial charge in [0, 0.05) is 18.5 Å². The fraction of sp³-hybridized carbons (Fsp3) is 0.308. The number of benzene rings is 1. The van der Waals surface area contributed by atoms with Gasteiger partial charge in [0.15, 0.2) is 0 Å². The molecular formula is C13H13ClN2O3. The van der Waals surface area contributed by atoms with Crippen molar-refractivity contribution in [3.8, 4) is 6.07 Å². The maximum Gasteiger partial charge on any atom is 0.303 e. The molecule has 1 atom stereocenters. The summed E-state index contributed by atoms with van der Waals surface area (Å²) in [5.41, 5.74) is 0.742. The minimum absolute atomic E-state index is 0.0581. The predicted octanol–water partition coefficient (Wildman–Crippen LogP) is 2.65. The summed E-state index contributed by atoms with van der Waals surface area (Å²) in [6.45, 7) is 1.69. The summed E-state index contributed by atoms with van der Waals surface area (Å²) in [6.07, 6.45) is 0.0499. The maximum atomic E-state index is 11.7. The predicted molar refractivity (Wildman–Crippen MR) is 70.8 cm³/mol. The van der Waals surface area contributed by atoms with Gasteiger partial charge in [0.2, 0.25) is 5.91 Å². The molecule has 1 aromatic carbocycles. The van der Waals surface area contributed by atoms with E-state index in [0.717, 1.165) is 0 Å². The third-order valence-corrected chi connectivity index (χ3v) is 2.76. The highest BCUT2D eigenvalue weighted by atomic mass is 35.5. The van der Waals surface area contributed by atoms with Gasteiger partial charge in [-0.3, -0.25) is 9.59 Å². The Kier molecular flexibility index (Phi) is 5.34. The lowest BCUT2D eigenvalue weighted by Crippen LogP contribution is -2.17. The van der Waals surface area contributed by atoms with Crippen molar-refractivity contribution in [2.45, 2.75) is 19.8 Å².